The number of aliphatic hydroxyl groups is 1. The van der Waals surface area contributed by atoms with Gasteiger partial charge < -0.3 is 15.4 Å². The standard InChI is InChI=1S/C21H23ClFN5O/c1-21(2)11-3-10(9-29)17(15(21)4-11)27-20-16(23)8-26-19(28-20)14-7-25-18-13(14)5-12(22)6-24-18/h5-8,10-11,15,17,29H,3-4,9H2,1-2H3,(H,24,25)(H,26,27,28)/t10-,11?,15+,17?/m1/s1. The quantitative estimate of drug-likeness (QED) is 0.592. The van der Waals surface area contributed by atoms with E-state index in [2.05, 4.69) is 39.1 Å². The van der Waals surface area contributed by atoms with Gasteiger partial charge in [-0.15, -0.1) is 0 Å². The van der Waals surface area contributed by atoms with E-state index >= 15 is 0 Å². The van der Waals surface area contributed by atoms with Crippen LogP contribution in [0.4, 0.5) is 10.2 Å². The summed E-state index contributed by atoms with van der Waals surface area (Å²) in [6, 6.07) is 1.77. The molecule has 3 aromatic rings. The van der Waals surface area contributed by atoms with Crippen molar-refractivity contribution in [2.24, 2.45) is 23.2 Å². The maximum absolute atomic E-state index is 14.6. The van der Waals surface area contributed by atoms with E-state index < -0.39 is 5.82 Å². The Hall–Kier alpha value is -2.25. The Morgan fingerprint density at radius 3 is 2.90 bits per heavy atom. The number of aromatic nitrogens is 4. The second kappa shape index (κ2) is 6.64. The zero-order chi connectivity index (χ0) is 20.3. The number of rotatable bonds is 4. The van der Waals surface area contributed by atoms with Crippen molar-refractivity contribution in [2.45, 2.75) is 32.7 Å². The van der Waals surface area contributed by atoms with Crippen LogP contribution >= 0.6 is 11.6 Å². The van der Waals surface area contributed by atoms with Crippen LogP contribution in [0.3, 0.4) is 0 Å². The number of pyridine rings is 1. The molecule has 3 aliphatic carbocycles. The Morgan fingerprint density at radius 1 is 1.31 bits per heavy atom. The number of halogens is 2. The zero-order valence-electron chi connectivity index (χ0n) is 16.3. The third kappa shape index (κ3) is 2.90. The van der Waals surface area contributed by atoms with Gasteiger partial charge in [-0.1, -0.05) is 25.4 Å². The number of aliphatic hydroxyl groups excluding tert-OH is 1. The van der Waals surface area contributed by atoms with Crippen LogP contribution in [-0.4, -0.2) is 37.7 Å². The van der Waals surface area contributed by atoms with Crippen molar-refractivity contribution in [3.8, 4) is 11.4 Å². The van der Waals surface area contributed by atoms with Crippen LogP contribution < -0.4 is 5.32 Å². The highest BCUT2D eigenvalue weighted by Crippen LogP contribution is 2.61. The molecule has 2 unspecified atom stereocenters. The molecule has 0 amide bonds. The van der Waals surface area contributed by atoms with E-state index in [1.165, 1.54) is 6.20 Å². The minimum Gasteiger partial charge on any atom is -0.396 e. The minimum atomic E-state index is -0.499. The van der Waals surface area contributed by atoms with Gasteiger partial charge in [-0.3, -0.25) is 0 Å². The van der Waals surface area contributed by atoms with Gasteiger partial charge in [0.2, 0.25) is 0 Å². The first-order valence-electron chi connectivity index (χ1n) is 9.91. The summed E-state index contributed by atoms with van der Waals surface area (Å²) < 4.78 is 14.6. The van der Waals surface area contributed by atoms with Crippen molar-refractivity contribution in [3.63, 3.8) is 0 Å². The van der Waals surface area contributed by atoms with E-state index in [4.69, 9.17) is 11.6 Å². The fourth-order valence-electron chi connectivity index (χ4n) is 5.23. The predicted octanol–water partition coefficient (Wildman–Crippen LogP) is 4.27. The summed E-state index contributed by atoms with van der Waals surface area (Å²) in [4.78, 5) is 16.0. The molecule has 0 radical (unpaired) electrons. The molecule has 3 aromatic heterocycles. The van der Waals surface area contributed by atoms with Gasteiger partial charge in [0.1, 0.15) is 5.65 Å². The van der Waals surface area contributed by atoms with E-state index in [-0.39, 0.29) is 29.8 Å². The fraction of sp³-hybridized carbons (Fsp3) is 0.476. The lowest BCUT2D eigenvalue weighted by Gasteiger charge is -2.62. The Labute approximate surface area is 172 Å². The molecule has 152 valence electrons. The SMILES string of the molecule is CC1(C)C2C[C@H](CO)C(Nc3nc(-c4c[nH]c5ncc(Cl)cc45)ncc3F)[C@@H]1C2. The largest absolute Gasteiger partial charge is 0.396 e. The van der Waals surface area contributed by atoms with Crippen LogP contribution in [0, 0.1) is 29.0 Å². The topological polar surface area (TPSA) is 86.7 Å². The highest BCUT2D eigenvalue weighted by Gasteiger charge is 2.57. The molecule has 0 saturated heterocycles. The van der Waals surface area contributed by atoms with Crippen LogP contribution in [0.2, 0.25) is 5.02 Å². The van der Waals surface area contributed by atoms with E-state index in [0.717, 1.165) is 18.2 Å². The third-order valence-electron chi connectivity index (χ3n) is 7.10. The third-order valence-corrected chi connectivity index (χ3v) is 7.30. The van der Waals surface area contributed by atoms with E-state index in [1.807, 2.05) is 0 Å². The predicted molar refractivity (Wildman–Crippen MR) is 110 cm³/mol. The monoisotopic (exact) mass is 415 g/mol. The molecule has 6 nitrogen and oxygen atoms in total. The minimum absolute atomic E-state index is 0.0173. The number of nitrogens with zero attached hydrogens (tertiary/aromatic N) is 3. The first kappa shape index (κ1) is 18.8. The first-order valence-corrected chi connectivity index (χ1v) is 10.3. The van der Waals surface area contributed by atoms with Crippen LogP contribution in [0.5, 0.6) is 0 Å². The van der Waals surface area contributed by atoms with Gasteiger partial charge in [0.05, 0.1) is 11.2 Å². The Bertz CT molecular complexity index is 1080. The molecular formula is C21H23ClFN5O. The molecule has 2 bridgehead atoms. The summed E-state index contributed by atoms with van der Waals surface area (Å²) in [5.41, 5.74) is 1.57. The number of hydrogen-bond acceptors (Lipinski definition) is 5. The second-order valence-electron chi connectivity index (χ2n) is 8.85. The smallest absolute Gasteiger partial charge is 0.183 e. The molecule has 0 aliphatic heterocycles. The summed E-state index contributed by atoms with van der Waals surface area (Å²) >= 11 is 6.09. The maximum atomic E-state index is 14.6. The molecule has 3 N–H and O–H groups in total. The van der Waals surface area contributed by atoms with Crippen molar-refractivity contribution in [2.75, 3.05) is 11.9 Å². The van der Waals surface area contributed by atoms with Gasteiger partial charge in [-0.2, -0.15) is 0 Å². The average Bonchev–Trinajstić information content (AvgIpc) is 3.12. The van der Waals surface area contributed by atoms with Crippen molar-refractivity contribution in [1.29, 1.82) is 0 Å². The number of nitrogens with one attached hydrogen (secondary N) is 2. The molecular weight excluding hydrogens is 393 g/mol. The summed E-state index contributed by atoms with van der Waals surface area (Å²) in [5, 5.41) is 14.5. The van der Waals surface area contributed by atoms with Gasteiger partial charge in [0.15, 0.2) is 17.5 Å². The molecule has 3 aliphatic rings. The van der Waals surface area contributed by atoms with E-state index in [1.54, 1.807) is 18.5 Å². The fourth-order valence-corrected chi connectivity index (χ4v) is 5.39. The average molecular weight is 416 g/mol. The molecule has 3 saturated carbocycles. The molecule has 29 heavy (non-hydrogen) atoms. The summed E-state index contributed by atoms with van der Waals surface area (Å²) in [6.07, 6.45) is 6.56. The van der Waals surface area contributed by atoms with Crippen LogP contribution in [0.25, 0.3) is 22.4 Å². The number of fused-ring (bicyclic) bond motifs is 3. The lowest BCUT2D eigenvalue weighted by molar-refractivity contribution is -0.107. The number of aromatic amines is 1. The van der Waals surface area contributed by atoms with Gasteiger partial charge in [-0.25, -0.2) is 19.3 Å². The molecule has 0 spiro atoms. The van der Waals surface area contributed by atoms with Gasteiger partial charge in [-0.05, 0) is 36.2 Å². The second-order valence-corrected chi connectivity index (χ2v) is 9.29. The van der Waals surface area contributed by atoms with Crippen LogP contribution in [0.1, 0.15) is 26.7 Å². The van der Waals surface area contributed by atoms with Crippen molar-refractivity contribution >= 4 is 28.5 Å². The van der Waals surface area contributed by atoms with Gasteiger partial charge in [0.25, 0.3) is 0 Å². The molecule has 3 fully saturated rings. The number of hydrogen-bond donors (Lipinski definition) is 3. The maximum Gasteiger partial charge on any atom is 0.183 e. The Balaban J connectivity index is 1.50. The number of anilines is 1. The highest BCUT2D eigenvalue weighted by atomic mass is 35.5. The normalized spacial score (nSPS) is 27.6. The lowest BCUT2D eigenvalue weighted by atomic mass is 9.45. The lowest BCUT2D eigenvalue weighted by Crippen LogP contribution is -2.61. The first-order chi connectivity index (χ1) is 13.9. The summed E-state index contributed by atoms with van der Waals surface area (Å²) in [5.74, 6) is 1.17. The van der Waals surface area contributed by atoms with Crippen LogP contribution in [-0.2, 0) is 0 Å². The molecule has 8 heteroatoms. The van der Waals surface area contributed by atoms with Gasteiger partial charge >= 0.3 is 0 Å². The van der Waals surface area contributed by atoms with Crippen LogP contribution in [0.15, 0.2) is 24.7 Å². The molecule has 4 atom stereocenters. The van der Waals surface area contributed by atoms with Gasteiger partial charge in [0, 0.05) is 41.9 Å². The Morgan fingerprint density at radius 2 is 2.14 bits per heavy atom. The number of H-pyrrole nitrogens is 1. The van der Waals surface area contributed by atoms with Crippen molar-refractivity contribution < 1.29 is 9.50 Å². The van der Waals surface area contributed by atoms with Crippen molar-refractivity contribution in [1.82, 2.24) is 19.9 Å². The molecule has 0 aromatic carbocycles. The molecule has 3 heterocycles. The Kier molecular flexibility index (Phi) is 4.29. The summed E-state index contributed by atoms with van der Waals surface area (Å²) in [7, 11) is 0. The van der Waals surface area contributed by atoms with E-state index in [9.17, 15) is 9.50 Å². The summed E-state index contributed by atoms with van der Waals surface area (Å²) in [6.45, 7) is 4.62. The van der Waals surface area contributed by atoms with Crippen molar-refractivity contribution in [3.05, 3.63) is 35.5 Å². The highest BCUT2D eigenvalue weighted by molar-refractivity contribution is 6.31. The molecule has 6 rings (SSSR count). The zero-order valence-corrected chi connectivity index (χ0v) is 17.0. The van der Waals surface area contributed by atoms with E-state index in [0.29, 0.717) is 33.9 Å².